The van der Waals surface area contributed by atoms with E-state index >= 15 is 0 Å². The van der Waals surface area contributed by atoms with Crippen LogP contribution in [0.15, 0.2) is 24.3 Å². The lowest BCUT2D eigenvalue weighted by molar-refractivity contribution is -0.160. The number of carbonyl (C=O) groups excluding carboxylic acids is 3. The van der Waals surface area contributed by atoms with Crippen LogP contribution in [0.2, 0.25) is 0 Å². The molecule has 3 rings (SSSR count). The maximum absolute atomic E-state index is 12.6. The molecule has 1 aromatic rings. The maximum atomic E-state index is 12.6. The van der Waals surface area contributed by atoms with Crippen LogP contribution in [0.25, 0.3) is 0 Å². The van der Waals surface area contributed by atoms with E-state index in [4.69, 9.17) is 18.9 Å². The average molecular weight is 497 g/mol. The normalized spacial score (nSPS) is 24.5. The fraction of sp³-hybridized carbons (Fsp3) is 0.609. The predicted molar refractivity (Wildman–Crippen MR) is 121 cm³/mol. The lowest BCUT2D eigenvalue weighted by Gasteiger charge is -2.36. The molecule has 1 saturated heterocycles. The number of amides is 2. The Kier molecular flexibility index (Phi) is 7.69. The molecule has 10 nitrogen and oxygen atoms in total. The topological polar surface area (TPSA) is 142 Å². The minimum atomic E-state index is -4.50. The summed E-state index contributed by atoms with van der Waals surface area (Å²) in [7, 11) is -4.50. The summed E-state index contributed by atoms with van der Waals surface area (Å²) in [5.74, 6) is -2.99. The van der Waals surface area contributed by atoms with Gasteiger partial charge in [-0.3, -0.25) is 9.59 Å². The second-order valence-electron chi connectivity index (χ2n) is 9.80. The molecule has 1 aromatic carbocycles. The molecule has 0 spiro atoms. The van der Waals surface area contributed by atoms with Crippen molar-refractivity contribution in [1.82, 2.24) is 5.06 Å². The SMILES string of the molecule is Cc1ccccc1C(=O)OCCCC(C)(C)COS(=O)(=O)ON1C(=O)C2[C@@H](C[C@H]2C(N)=O)[C@@H]1C. The first kappa shape index (κ1) is 26.1. The smallest absolute Gasteiger partial charge is 0.421 e. The first-order chi connectivity index (χ1) is 15.8. The van der Waals surface area contributed by atoms with Crippen molar-refractivity contribution >= 4 is 28.2 Å². The van der Waals surface area contributed by atoms with Gasteiger partial charge < -0.3 is 10.5 Å². The second kappa shape index (κ2) is 10.0. The molecule has 1 saturated carbocycles. The van der Waals surface area contributed by atoms with E-state index in [1.165, 1.54) is 0 Å². The first-order valence-electron chi connectivity index (χ1n) is 11.3. The van der Waals surface area contributed by atoms with Crippen LogP contribution < -0.4 is 5.73 Å². The fourth-order valence-electron chi connectivity index (χ4n) is 4.48. The summed E-state index contributed by atoms with van der Waals surface area (Å²) in [6, 6.07) is 6.63. The third-order valence-electron chi connectivity index (χ3n) is 6.64. The third-order valence-corrected chi connectivity index (χ3v) is 7.39. The van der Waals surface area contributed by atoms with Crippen LogP contribution in [-0.2, 0) is 33.2 Å². The van der Waals surface area contributed by atoms with E-state index in [0.29, 0.717) is 24.8 Å². The number of hydroxylamine groups is 2. The Morgan fingerprint density at radius 1 is 1.24 bits per heavy atom. The molecule has 2 aliphatic rings. The Balaban J connectivity index is 1.44. The van der Waals surface area contributed by atoms with Gasteiger partial charge in [0.05, 0.1) is 36.7 Å². The fourth-order valence-corrected chi connectivity index (χ4v) is 5.39. The highest BCUT2D eigenvalue weighted by atomic mass is 32.3. The van der Waals surface area contributed by atoms with Crippen molar-refractivity contribution in [1.29, 1.82) is 0 Å². The summed E-state index contributed by atoms with van der Waals surface area (Å²) >= 11 is 0. The monoisotopic (exact) mass is 496 g/mol. The van der Waals surface area contributed by atoms with Crippen LogP contribution >= 0.6 is 0 Å². The van der Waals surface area contributed by atoms with Crippen molar-refractivity contribution in [3.63, 3.8) is 0 Å². The van der Waals surface area contributed by atoms with E-state index in [0.717, 1.165) is 10.6 Å². The highest BCUT2D eigenvalue weighted by Gasteiger charge is 2.60. The molecular formula is C23H32N2O8S. The van der Waals surface area contributed by atoms with Crippen LogP contribution in [0.4, 0.5) is 0 Å². The second-order valence-corrected chi connectivity index (χ2v) is 11.0. The predicted octanol–water partition coefficient (Wildman–Crippen LogP) is 2.12. The molecule has 2 fully saturated rings. The number of fused-ring (bicyclic) bond motifs is 1. The van der Waals surface area contributed by atoms with Gasteiger partial charge in [-0.25, -0.2) is 8.98 Å². The lowest BCUT2D eigenvalue weighted by atomic mass is 9.64. The van der Waals surface area contributed by atoms with Gasteiger partial charge in [0.2, 0.25) is 5.91 Å². The summed E-state index contributed by atoms with van der Waals surface area (Å²) in [6.07, 6.45) is 1.45. The molecular weight excluding hydrogens is 464 g/mol. The van der Waals surface area contributed by atoms with Crippen molar-refractivity contribution in [2.75, 3.05) is 13.2 Å². The van der Waals surface area contributed by atoms with E-state index in [1.54, 1.807) is 19.1 Å². The number of nitrogens with two attached hydrogens (primary N) is 1. The highest BCUT2D eigenvalue weighted by molar-refractivity contribution is 7.81. The number of rotatable bonds is 11. The summed E-state index contributed by atoms with van der Waals surface area (Å²) < 4.78 is 40.1. The van der Waals surface area contributed by atoms with Gasteiger partial charge in [-0.05, 0) is 56.1 Å². The van der Waals surface area contributed by atoms with Gasteiger partial charge >= 0.3 is 16.4 Å². The van der Waals surface area contributed by atoms with Crippen molar-refractivity contribution in [2.24, 2.45) is 28.9 Å². The Hall–Kier alpha value is -2.50. The molecule has 1 aliphatic carbocycles. The minimum absolute atomic E-state index is 0.181. The molecule has 11 heteroatoms. The number of aryl methyl sites for hydroxylation is 1. The number of esters is 1. The van der Waals surface area contributed by atoms with Crippen LogP contribution in [0.5, 0.6) is 0 Å². The Labute approximate surface area is 200 Å². The summed E-state index contributed by atoms with van der Waals surface area (Å²) in [6.45, 7) is 7.12. The summed E-state index contributed by atoms with van der Waals surface area (Å²) in [5.41, 5.74) is 6.08. The van der Waals surface area contributed by atoms with Crippen molar-refractivity contribution in [3.05, 3.63) is 35.4 Å². The van der Waals surface area contributed by atoms with Crippen LogP contribution in [0.3, 0.4) is 0 Å². The van der Waals surface area contributed by atoms with Gasteiger partial charge in [-0.1, -0.05) is 32.0 Å². The lowest BCUT2D eigenvalue weighted by Crippen LogP contribution is -2.46. The third kappa shape index (κ3) is 5.76. The molecule has 34 heavy (non-hydrogen) atoms. The summed E-state index contributed by atoms with van der Waals surface area (Å²) in [5, 5.41) is 0.783. The summed E-state index contributed by atoms with van der Waals surface area (Å²) in [4.78, 5) is 36.2. The van der Waals surface area contributed by atoms with E-state index in [2.05, 4.69) is 0 Å². The zero-order valence-electron chi connectivity index (χ0n) is 19.9. The zero-order valence-corrected chi connectivity index (χ0v) is 20.7. The van der Waals surface area contributed by atoms with E-state index < -0.39 is 51.5 Å². The molecule has 2 N–H and O–H groups in total. The van der Waals surface area contributed by atoms with Gasteiger partial charge in [0, 0.05) is 0 Å². The zero-order chi connectivity index (χ0) is 25.3. The van der Waals surface area contributed by atoms with Crippen molar-refractivity contribution < 1.29 is 36.0 Å². The van der Waals surface area contributed by atoms with Gasteiger partial charge in [-0.15, -0.1) is 4.28 Å². The van der Waals surface area contributed by atoms with E-state index in [-0.39, 0.29) is 19.1 Å². The molecule has 0 radical (unpaired) electrons. The van der Waals surface area contributed by atoms with Gasteiger partial charge in [0.15, 0.2) is 0 Å². The molecule has 4 atom stereocenters. The molecule has 1 heterocycles. The minimum Gasteiger partial charge on any atom is -0.462 e. The average Bonchev–Trinajstić information content (AvgIpc) is 2.89. The Bertz CT molecular complexity index is 1050. The number of benzene rings is 1. The maximum Gasteiger partial charge on any atom is 0.421 e. The van der Waals surface area contributed by atoms with E-state index in [9.17, 15) is 22.8 Å². The molecule has 2 amide bonds. The number of hydrogen-bond donors (Lipinski definition) is 1. The number of carbonyl (C=O) groups is 3. The Morgan fingerprint density at radius 3 is 2.56 bits per heavy atom. The van der Waals surface area contributed by atoms with Crippen molar-refractivity contribution in [3.8, 4) is 0 Å². The van der Waals surface area contributed by atoms with Crippen molar-refractivity contribution in [2.45, 2.75) is 53.0 Å². The molecule has 0 bridgehead atoms. The van der Waals surface area contributed by atoms with Crippen LogP contribution in [0.1, 0.15) is 56.0 Å². The first-order valence-corrected chi connectivity index (χ1v) is 12.6. The van der Waals surface area contributed by atoms with Gasteiger partial charge in [0.25, 0.3) is 5.91 Å². The van der Waals surface area contributed by atoms with Crippen LogP contribution in [0, 0.1) is 30.1 Å². The molecule has 0 aromatic heterocycles. The quantitative estimate of drug-likeness (QED) is 0.363. The highest BCUT2D eigenvalue weighted by Crippen LogP contribution is 2.50. The Morgan fingerprint density at radius 2 is 1.91 bits per heavy atom. The van der Waals surface area contributed by atoms with Gasteiger partial charge in [0.1, 0.15) is 0 Å². The number of primary amides is 1. The largest absolute Gasteiger partial charge is 0.462 e. The molecule has 1 aliphatic heterocycles. The van der Waals surface area contributed by atoms with Crippen LogP contribution in [-0.4, -0.2) is 50.5 Å². The molecule has 188 valence electrons. The number of nitrogens with zero attached hydrogens (tertiary/aromatic N) is 1. The number of hydrogen-bond acceptors (Lipinski definition) is 8. The molecule has 1 unspecified atom stereocenters. The standard InChI is InChI=1S/C23H32N2O8S/c1-14-8-5-6-9-16(14)22(28)31-11-7-10-23(3,4)13-32-34(29,30)33-25-15(2)17-12-18(20(24)26)19(17)21(25)27/h5-6,8-9,15,17-19H,7,10-13H2,1-4H3,(H2,24,26)/t15-,17-,18+,19?/m0/s1. The number of ether oxygens (including phenoxy) is 1. The van der Waals surface area contributed by atoms with Gasteiger partial charge in [-0.2, -0.15) is 13.5 Å². The van der Waals surface area contributed by atoms with E-state index in [1.807, 2.05) is 32.9 Å².